The van der Waals surface area contributed by atoms with Gasteiger partial charge in [0.2, 0.25) is 0 Å². The Hall–Kier alpha value is -3.86. The number of rotatable bonds is 6. The largest absolute Gasteiger partial charge is 0.367 e. The highest BCUT2D eigenvalue weighted by Gasteiger charge is 2.25. The molecule has 3 N–H and O–H groups in total. The van der Waals surface area contributed by atoms with E-state index in [1.807, 2.05) is 6.20 Å². The van der Waals surface area contributed by atoms with E-state index in [0.29, 0.717) is 23.4 Å². The molecule has 1 aliphatic carbocycles. The van der Waals surface area contributed by atoms with Crippen molar-refractivity contribution in [1.82, 2.24) is 30.2 Å². The number of nitrogens with one attached hydrogen (secondary N) is 3. The normalized spacial score (nSPS) is 18.1. The molecule has 11 heteroatoms. The molecule has 0 bridgehead atoms. The van der Waals surface area contributed by atoms with Crippen molar-refractivity contribution in [3.63, 3.8) is 0 Å². The Morgan fingerprint density at radius 2 is 1.76 bits per heavy atom. The number of hydrogen-bond donors (Lipinski definition) is 3. The number of halogens is 3. The fraction of sp³-hybridized carbons (Fsp3) is 0.370. The molecule has 0 amide bonds. The summed E-state index contributed by atoms with van der Waals surface area (Å²) in [5.41, 5.74) is 2.53. The van der Waals surface area contributed by atoms with Crippen molar-refractivity contribution in [3.05, 3.63) is 59.9 Å². The molecule has 0 aromatic carbocycles. The minimum Gasteiger partial charge on any atom is -0.367 e. The third-order valence-corrected chi connectivity index (χ3v) is 7.25. The fourth-order valence-corrected chi connectivity index (χ4v) is 5.02. The fourth-order valence-electron chi connectivity index (χ4n) is 5.02. The van der Waals surface area contributed by atoms with E-state index in [9.17, 15) is 13.2 Å². The van der Waals surface area contributed by atoms with Gasteiger partial charge >= 0.3 is 0 Å². The van der Waals surface area contributed by atoms with E-state index in [2.05, 4.69) is 30.9 Å². The summed E-state index contributed by atoms with van der Waals surface area (Å²) in [7, 11) is 0. The molecule has 5 heterocycles. The second-order valence-electron chi connectivity index (χ2n) is 9.81. The van der Waals surface area contributed by atoms with Crippen LogP contribution in [0.5, 0.6) is 0 Å². The summed E-state index contributed by atoms with van der Waals surface area (Å²) < 4.78 is 41.0. The van der Waals surface area contributed by atoms with E-state index in [1.54, 1.807) is 18.3 Å². The highest BCUT2D eigenvalue weighted by molar-refractivity contribution is 5.93. The molecule has 4 aromatic heterocycles. The summed E-state index contributed by atoms with van der Waals surface area (Å²) in [4.78, 5) is 21.8. The van der Waals surface area contributed by atoms with Gasteiger partial charge in [-0.2, -0.15) is 9.37 Å². The van der Waals surface area contributed by atoms with Gasteiger partial charge in [0, 0.05) is 35.5 Å². The maximum absolute atomic E-state index is 14.2. The van der Waals surface area contributed by atoms with Gasteiger partial charge < -0.3 is 16.0 Å². The Labute approximate surface area is 217 Å². The van der Waals surface area contributed by atoms with Crippen LogP contribution in [0, 0.1) is 17.6 Å². The molecule has 1 saturated carbocycles. The highest BCUT2D eigenvalue weighted by atomic mass is 19.2. The second-order valence-corrected chi connectivity index (χ2v) is 9.81. The van der Waals surface area contributed by atoms with Crippen LogP contribution in [0.2, 0.25) is 0 Å². The van der Waals surface area contributed by atoms with E-state index < -0.39 is 23.4 Å². The summed E-state index contributed by atoms with van der Waals surface area (Å²) in [6.07, 6.45) is 11.8. The van der Waals surface area contributed by atoms with E-state index in [0.717, 1.165) is 61.9 Å². The molecule has 38 heavy (non-hydrogen) atoms. The lowest BCUT2D eigenvalue weighted by atomic mass is 9.79. The first-order chi connectivity index (χ1) is 18.5. The summed E-state index contributed by atoms with van der Waals surface area (Å²) in [5, 5.41) is 10.8. The predicted octanol–water partition coefficient (Wildman–Crippen LogP) is 5.46. The molecule has 4 aromatic rings. The van der Waals surface area contributed by atoms with Crippen molar-refractivity contribution in [3.8, 4) is 11.4 Å². The van der Waals surface area contributed by atoms with Gasteiger partial charge in [-0.15, -0.1) is 0 Å². The third kappa shape index (κ3) is 4.98. The molecule has 0 radical (unpaired) electrons. The highest BCUT2D eigenvalue weighted by Crippen LogP contribution is 2.41. The first-order valence-electron chi connectivity index (χ1n) is 12.9. The Morgan fingerprint density at radius 1 is 0.868 bits per heavy atom. The molecule has 1 saturated heterocycles. The molecule has 1 atom stereocenters. The number of fused-ring (bicyclic) bond motifs is 1. The van der Waals surface area contributed by atoms with Gasteiger partial charge in [-0.3, -0.25) is 4.98 Å². The lowest BCUT2D eigenvalue weighted by molar-refractivity contribution is 0.421. The number of nitrogens with zero attached hydrogens (tertiary/aromatic N) is 5. The summed E-state index contributed by atoms with van der Waals surface area (Å²) in [6, 6.07) is 4.07. The summed E-state index contributed by atoms with van der Waals surface area (Å²) in [5.74, 6) is -2.39. The van der Waals surface area contributed by atoms with Gasteiger partial charge in [0.15, 0.2) is 23.3 Å². The summed E-state index contributed by atoms with van der Waals surface area (Å²) in [6.45, 7) is 1.95. The Bertz CT molecular complexity index is 1470. The molecule has 6 rings (SSSR count). The van der Waals surface area contributed by atoms with Crippen LogP contribution in [-0.4, -0.2) is 44.1 Å². The molecule has 0 spiro atoms. The second kappa shape index (κ2) is 10.5. The van der Waals surface area contributed by atoms with Gasteiger partial charge in [0.25, 0.3) is 5.95 Å². The average molecular weight is 521 g/mol. The maximum Gasteiger partial charge on any atom is 0.251 e. The van der Waals surface area contributed by atoms with E-state index in [4.69, 9.17) is 9.97 Å². The molecule has 1 aliphatic heterocycles. The molecule has 1 unspecified atom stereocenters. The maximum atomic E-state index is 14.2. The van der Waals surface area contributed by atoms with Crippen molar-refractivity contribution >= 4 is 28.4 Å². The van der Waals surface area contributed by atoms with Crippen molar-refractivity contribution in [2.75, 3.05) is 23.7 Å². The van der Waals surface area contributed by atoms with Crippen molar-refractivity contribution in [1.29, 1.82) is 0 Å². The monoisotopic (exact) mass is 520 g/mol. The van der Waals surface area contributed by atoms with Gasteiger partial charge in [0.05, 0.1) is 11.7 Å². The molecule has 8 nitrogen and oxygen atoms in total. The zero-order valence-electron chi connectivity index (χ0n) is 20.6. The topological polar surface area (TPSA) is 101 Å². The molecule has 2 fully saturated rings. The molecule has 196 valence electrons. The Kier molecular flexibility index (Phi) is 6.75. The first-order valence-corrected chi connectivity index (χ1v) is 12.9. The Balaban J connectivity index is 1.39. The van der Waals surface area contributed by atoms with Crippen molar-refractivity contribution < 1.29 is 13.2 Å². The van der Waals surface area contributed by atoms with Crippen LogP contribution in [-0.2, 0) is 0 Å². The van der Waals surface area contributed by atoms with Crippen molar-refractivity contribution in [2.45, 2.75) is 50.5 Å². The first kappa shape index (κ1) is 24.5. The van der Waals surface area contributed by atoms with E-state index >= 15 is 0 Å². The summed E-state index contributed by atoms with van der Waals surface area (Å²) >= 11 is 0. The number of pyridine rings is 3. The molecular weight excluding hydrogens is 493 g/mol. The Morgan fingerprint density at radius 3 is 2.61 bits per heavy atom. The standard InChI is InChI=1S/C27H27F3N8/c28-19-12-20(29)26(37-24(19)30)36-22-11-16(6-10-33-22)25-35-21-14-32-13-18(15-3-1-4-15)23(21)27(38-25)34-17-5-2-8-31-9-7-17/h6,10-15,17,31H,1-5,7-9H2,(H,33,36,37)(H,34,35,38). The quantitative estimate of drug-likeness (QED) is 0.288. The van der Waals surface area contributed by atoms with Crippen LogP contribution in [0.25, 0.3) is 22.3 Å². The van der Waals surface area contributed by atoms with Crippen LogP contribution in [0.4, 0.5) is 30.6 Å². The third-order valence-electron chi connectivity index (χ3n) is 7.25. The smallest absolute Gasteiger partial charge is 0.251 e. The van der Waals surface area contributed by atoms with Gasteiger partial charge in [-0.25, -0.2) is 23.7 Å². The van der Waals surface area contributed by atoms with Gasteiger partial charge in [-0.1, -0.05) is 6.42 Å². The van der Waals surface area contributed by atoms with Crippen LogP contribution in [0.1, 0.15) is 50.0 Å². The van der Waals surface area contributed by atoms with Crippen LogP contribution in [0.3, 0.4) is 0 Å². The van der Waals surface area contributed by atoms with Gasteiger partial charge in [-0.05, 0) is 68.8 Å². The SMILES string of the molecule is Fc1cc(F)c(Nc2cc(-c3nc(NC4CCCNCC4)c4c(C5CCC5)cncc4n3)ccn2)nc1F. The molecular formula is C27H27F3N8. The molecule has 2 aliphatic rings. The number of anilines is 3. The minimum atomic E-state index is -1.40. The van der Waals surface area contributed by atoms with Crippen molar-refractivity contribution in [2.24, 2.45) is 0 Å². The number of hydrogen-bond acceptors (Lipinski definition) is 8. The van der Waals surface area contributed by atoms with Crippen LogP contribution >= 0.6 is 0 Å². The lowest BCUT2D eigenvalue weighted by Gasteiger charge is -2.28. The number of aromatic nitrogens is 5. The zero-order chi connectivity index (χ0) is 26.1. The lowest BCUT2D eigenvalue weighted by Crippen LogP contribution is -2.23. The van der Waals surface area contributed by atoms with Crippen LogP contribution in [0.15, 0.2) is 36.8 Å². The van der Waals surface area contributed by atoms with E-state index in [1.165, 1.54) is 18.2 Å². The average Bonchev–Trinajstić information content (AvgIpc) is 3.15. The minimum absolute atomic E-state index is 0.189. The zero-order valence-corrected chi connectivity index (χ0v) is 20.6. The predicted molar refractivity (Wildman–Crippen MR) is 139 cm³/mol. The van der Waals surface area contributed by atoms with Gasteiger partial charge in [0.1, 0.15) is 11.6 Å². The van der Waals surface area contributed by atoms with E-state index in [-0.39, 0.29) is 11.9 Å². The van der Waals surface area contributed by atoms with Crippen LogP contribution < -0.4 is 16.0 Å².